The topological polar surface area (TPSA) is 44.5 Å². The molecule has 0 amide bonds. The van der Waals surface area contributed by atoms with E-state index in [0.29, 0.717) is 22.7 Å². The molecule has 3 aliphatic heterocycles. The summed E-state index contributed by atoms with van der Waals surface area (Å²) in [6.07, 6.45) is 8.35. The van der Waals surface area contributed by atoms with Crippen LogP contribution in [0.1, 0.15) is 66.2 Å². The van der Waals surface area contributed by atoms with Crippen molar-refractivity contribution < 1.29 is 22.7 Å². The average Bonchev–Trinajstić information content (AvgIpc) is 3.54. The van der Waals surface area contributed by atoms with E-state index in [4.69, 9.17) is 0 Å². The molecule has 0 aromatic heterocycles. The van der Waals surface area contributed by atoms with E-state index in [1.807, 2.05) is 27.7 Å². The molecule has 0 aromatic rings. The number of nitrogens with two attached hydrogens (primary N) is 1. The maximum atomic E-state index is 4.50. The van der Waals surface area contributed by atoms with Crippen LogP contribution >= 0.6 is 96.0 Å². The molecule has 3 heterocycles. The Morgan fingerprint density at radius 2 is 0.931 bits per heavy atom. The standard InChI is InChI=1S/2C4H10NP.C4H9N.2C2H6.CH5N.I3.2HI.V/c2*6-5-3-1-2-4-5;1-2-4-5-3-1;3*1-2;1-3-2;;;/h2*1-4,6H2;5H,1-4H2;2*1-2H3;2H2,1H3;;2*1H;/q;;;;;;-1;;;+2/p-2. The predicted molar refractivity (Wildman–Crippen MR) is 172 cm³/mol. The fourth-order valence-corrected chi connectivity index (χ4v) is 2.84. The molecule has 29 heavy (non-hydrogen) atoms. The molecule has 2 unspecified atom stereocenters. The average molecular weight is 1050 g/mol. The Kier molecular flexibility index (Phi) is 75.7. The first-order valence-electron chi connectivity index (χ1n) is 10.2. The molecule has 3 N–H and O–H groups in total. The van der Waals surface area contributed by atoms with Gasteiger partial charge in [-0.15, -0.1) is 0 Å². The predicted octanol–water partition coefficient (Wildman–Crippen LogP) is 4.29. The van der Waals surface area contributed by atoms with Crippen molar-refractivity contribution in [2.75, 3.05) is 46.3 Å². The normalized spacial score (nSPS) is 16.6. The Morgan fingerprint density at radius 3 is 1.00 bits per heavy atom. The third-order valence-electron chi connectivity index (χ3n) is 3.24. The zero-order valence-corrected chi connectivity index (χ0v) is 33.4. The summed E-state index contributed by atoms with van der Waals surface area (Å²) in [7, 11) is 7.54. The molecule has 3 rings (SSSR count). The van der Waals surface area contributed by atoms with Crippen molar-refractivity contribution in [2.24, 2.45) is 5.73 Å². The molecule has 0 bridgehead atoms. The number of rotatable bonds is 0. The van der Waals surface area contributed by atoms with Gasteiger partial charge in [-0.1, -0.05) is 46.5 Å². The van der Waals surface area contributed by atoms with Crippen molar-refractivity contribution in [3.05, 3.63) is 0 Å². The van der Waals surface area contributed by atoms with Crippen LogP contribution in [0.25, 0.3) is 0 Å². The third-order valence-corrected chi connectivity index (χ3v) is 4.27. The van der Waals surface area contributed by atoms with Crippen molar-refractivity contribution in [2.45, 2.75) is 66.2 Å². The fourth-order valence-electron chi connectivity index (χ4n) is 2.11. The molecule has 3 aliphatic rings. The van der Waals surface area contributed by atoms with Crippen molar-refractivity contribution in [3.63, 3.8) is 0 Å². The number of nitrogens with zero attached hydrogens (tertiary/aromatic N) is 2. The summed E-state index contributed by atoms with van der Waals surface area (Å²) in [5, 5.41) is 3.22. The van der Waals surface area contributed by atoms with Crippen LogP contribution in [0.5, 0.6) is 0 Å². The zero-order valence-electron chi connectivity index (χ0n) is 18.9. The molecule has 2 atom stereocenters. The Bertz CT molecular complexity index is 195. The van der Waals surface area contributed by atoms with Crippen LogP contribution in [0.4, 0.5) is 0 Å². The number of hydrogen-bond donors (Lipinski definition) is 2. The molecule has 0 aliphatic carbocycles. The van der Waals surface area contributed by atoms with E-state index < -0.39 is 0 Å². The summed E-state index contributed by atoms with van der Waals surface area (Å²) in [4.78, 5) is 0. The minimum atomic E-state index is 0.530. The van der Waals surface area contributed by atoms with Gasteiger partial charge < -0.3 is 11.1 Å². The number of halogens is 5. The quantitative estimate of drug-likeness (QED) is 0.282. The van der Waals surface area contributed by atoms with Gasteiger partial charge in [-0.05, 0) is 58.7 Å². The van der Waals surface area contributed by atoms with Gasteiger partial charge in [0.2, 0.25) is 0 Å². The summed E-state index contributed by atoms with van der Waals surface area (Å²) in [5.41, 5.74) is 4.50. The van der Waals surface area contributed by atoms with Crippen molar-refractivity contribution in [1.29, 1.82) is 0 Å². The van der Waals surface area contributed by atoms with E-state index in [0.717, 1.165) is 0 Å². The van der Waals surface area contributed by atoms with Gasteiger partial charge in [0.1, 0.15) is 0 Å². The van der Waals surface area contributed by atoms with Crippen molar-refractivity contribution in [3.8, 4) is 0 Å². The molecule has 185 valence electrons. The Labute approximate surface area is 247 Å². The molecule has 0 aromatic carbocycles. The van der Waals surface area contributed by atoms with E-state index >= 15 is 0 Å². The molecule has 0 saturated carbocycles. The van der Waals surface area contributed by atoms with Crippen LogP contribution in [-0.2, 0) is 9.47 Å². The molecular weight excluding hydrogens is 1010 g/mol. The molecular formula is C17H46I5N4P2V-. The van der Waals surface area contributed by atoms with Gasteiger partial charge in [0, 0.05) is 26.2 Å². The first-order valence-corrected chi connectivity index (χ1v) is 32.8. The van der Waals surface area contributed by atoms with Crippen LogP contribution < -0.4 is 24.3 Å². The number of nitrogens with one attached hydrogen (secondary N) is 1. The summed E-state index contributed by atoms with van der Waals surface area (Å²) in [6.45, 7) is 15.6. The van der Waals surface area contributed by atoms with Crippen molar-refractivity contribution >= 4 is 96.0 Å². The summed E-state index contributed by atoms with van der Waals surface area (Å²) in [6, 6.07) is 0. The minimum absolute atomic E-state index is 0.530. The van der Waals surface area contributed by atoms with E-state index in [1.165, 1.54) is 84.8 Å². The van der Waals surface area contributed by atoms with Gasteiger partial charge in [-0.2, -0.15) is 0 Å². The van der Waals surface area contributed by atoms with E-state index in [9.17, 15) is 0 Å². The van der Waals surface area contributed by atoms with Gasteiger partial charge >= 0.3 is 99.9 Å². The van der Waals surface area contributed by atoms with E-state index in [2.05, 4.69) is 116 Å². The Hall–Kier alpha value is 4.93. The van der Waals surface area contributed by atoms with Crippen LogP contribution in [0, 0.1) is 0 Å². The van der Waals surface area contributed by atoms with Gasteiger partial charge in [0.05, 0.1) is 0 Å². The monoisotopic (exact) mass is 1050 g/mol. The fraction of sp³-hybridized carbons (Fsp3) is 1.00. The number of hydrogen-bond acceptors (Lipinski definition) is 4. The van der Waals surface area contributed by atoms with Crippen LogP contribution in [0.3, 0.4) is 0 Å². The Morgan fingerprint density at radius 1 is 0.724 bits per heavy atom. The summed E-state index contributed by atoms with van der Waals surface area (Å²) in [5.74, 6) is 0. The maximum absolute atomic E-state index is 4.50. The second kappa shape index (κ2) is 49.9. The third kappa shape index (κ3) is 55.0. The van der Waals surface area contributed by atoms with Crippen LogP contribution in [-0.4, -0.2) is 55.7 Å². The molecule has 0 radical (unpaired) electrons. The SMILES string of the molecule is C1CCNC1.CC.CC.CN.I[I-]I.PN1CCCC1.PN1CCCC1.[I][V][I]. The van der Waals surface area contributed by atoms with Crippen LogP contribution in [0.2, 0.25) is 0 Å². The molecule has 3 saturated heterocycles. The van der Waals surface area contributed by atoms with Crippen molar-refractivity contribution in [1.82, 2.24) is 14.7 Å². The first kappa shape index (κ1) is 44.0. The van der Waals surface area contributed by atoms with E-state index in [1.54, 1.807) is 0 Å². The van der Waals surface area contributed by atoms with Gasteiger partial charge in [-0.3, -0.25) is 9.34 Å². The van der Waals surface area contributed by atoms with Gasteiger partial charge in [-0.25, -0.2) is 0 Å². The Balaban J connectivity index is -0.0000000796. The second-order valence-electron chi connectivity index (χ2n) is 5.06. The summed E-state index contributed by atoms with van der Waals surface area (Å²) >= 11 is 10.0. The summed E-state index contributed by atoms with van der Waals surface area (Å²) < 4.78 is 4.56. The molecule has 3 fully saturated rings. The van der Waals surface area contributed by atoms with Gasteiger partial charge in [0.15, 0.2) is 0 Å². The first-order chi connectivity index (χ1) is 14.1. The van der Waals surface area contributed by atoms with Gasteiger partial charge in [0.25, 0.3) is 0 Å². The molecule has 12 heteroatoms. The zero-order chi connectivity index (χ0) is 23.8. The molecule has 4 nitrogen and oxygen atoms in total. The van der Waals surface area contributed by atoms with E-state index in [-0.39, 0.29) is 0 Å². The second-order valence-corrected chi connectivity index (χ2v) is 34.6. The van der Waals surface area contributed by atoms with Crippen LogP contribution in [0.15, 0.2) is 0 Å². The molecule has 0 spiro atoms.